The van der Waals surface area contributed by atoms with E-state index in [1.807, 2.05) is 0 Å². The van der Waals surface area contributed by atoms with Gasteiger partial charge in [-0.1, -0.05) is 0 Å². The number of aliphatic imine (C=N–C) groups is 2. The Labute approximate surface area is 88.8 Å². The molecule has 5 N–H and O–H groups in total. The van der Waals surface area contributed by atoms with Gasteiger partial charge in [0.2, 0.25) is 5.96 Å². The molecule has 0 spiro atoms. The summed E-state index contributed by atoms with van der Waals surface area (Å²) in [4.78, 5) is 7.94. The van der Waals surface area contributed by atoms with Crippen molar-refractivity contribution in [2.75, 3.05) is 13.2 Å². The number of nitrogens with one attached hydrogen (secondary N) is 1. The molecule has 1 fully saturated rings. The molecule has 6 heteroatoms. The molecule has 0 aromatic heterocycles. The number of ether oxygens (including phenoxy) is 1. The quantitative estimate of drug-likeness (QED) is 0.566. The Morgan fingerprint density at radius 3 is 2.93 bits per heavy atom. The average molecular weight is 211 g/mol. The number of hydrogen-bond donors (Lipinski definition) is 3. The third-order valence-electron chi connectivity index (χ3n) is 2.77. The fraction of sp³-hybridized carbons (Fsp3) is 0.778. The van der Waals surface area contributed by atoms with Gasteiger partial charge in [-0.25, -0.2) is 9.98 Å². The predicted octanol–water partition coefficient (Wildman–Crippen LogP) is -0.638. The molecular formula is C9H17N5O. The third-order valence-corrected chi connectivity index (χ3v) is 2.77. The number of rotatable bonds is 2. The minimum Gasteiger partial charge on any atom is -0.381 e. The summed E-state index contributed by atoms with van der Waals surface area (Å²) in [5.74, 6) is -0.00369. The zero-order valence-corrected chi connectivity index (χ0v) is 8.65. The van der Waals surface area contributed by atoms with Gasteiger partial charge in [-0.05, 0) is 18.8 Å². The SMILES string of the molecule is NC1=NC(N)(CC2CCOCC2)NC=N1. The molecular weight excluding hydrogens is 194 g/mol. The maximum atomic E-state index is 6.07. The first-order valence-electron chi connectivity index (χ1n) is 5.20. The molecule has 1 unspecified atom stereocenters. The Kier molecular flexibility index (Phi) is 2.88. The number of nitrogens with zero attached hydrogens (tertiary/aromatic N) is 2. The average Bonchev–Trinajstić information content (AvgIpc) is 2.18. The minimum absolute atomic E-state index is 0.239. The lowest BCUT2D eigenvalue weighted by molar-refractivity contribution is 0.0555. The molecule has 0 aliphatic carbocycles. The van der Waals surface area contributed by atoms with Crippen LogP contribution in [0.25, 0.3) is 0 Å². The number of hydrogen-bond acceptors (Lipinski definition) is 6. The fourth-order valence-electron chi connectivity index (χ4n) is 1.97. The van der Waals surface area contributed by atoms with Crippen LogP contribution < -0.4 is 16.8 Å². The molecule has 0 bridgehead atoms. The first-order chi connectivity index (χ1) is 7.18. The van der Waals surface area contributed by atoms with Crippen molar-refractivity contribution in [3.8, 4) is 0 Å². The molecule has 2 rings (SSSR count). The Morgan fingerprint density at radius 2 is 2.27 bits per heavy atom. The second kappa shape index (κ2) is 4.16. The Balaban J connectivity index is 1.95. The molecule has 0 saturated carbocycles. The Bertz CT molecular complexity index is 284. The van der Waals surface area contributed by atoms with Crippen LogP contribution in [0.1, 0.15) is 19.3 Å². The Hall–Kier alpha value is -1.14. The standard InChI is InChI=1S/C9H17N5O/c10-8-12-6-13-9(11,14-8)5-7-1-3-15-4-2-7/h6-7H,1-5,11H2,(H3,10,12,13,14). The van der Waals surface area contributed by atoms with Gasteiger partial charge >= 0.3 is 0 Å². The van der Waals surface area contributed by atoms with Crippen molar-refractivity contribution in [1.29, 1.82) is 0 Å². The van der Waals surface area contributed by atoms with Crippen LogP contribution in [-0.2, 0) is 4.74 Å². The monoisotopic (exact) mass is 211 g/mol. The molecule has 2 heterocycles. The van der Waals surface area contributed by atoms with Crippen LogP contribution >= 0.6 is 0 Å². The van der Waals surface area contributed by atoms with Crippen molar-refractivity contribution in [2.24, 2.45) is 27.4 Å². The van der Waals surface area contributed by atoms with E-state index in [1.165, 1.54) is 6.34 Å². The summed E-state index contributed by atoms with van der Waals surface area (Å²) in [6.45, 7) is 1.63. The van der Waals surface area contributed by atoms with E-state index in [0.29, 0.717) is 5.92 Å². The van der Waals surface area contributed by atoms with E-state index in [-0.39, 0.29) is 5.96 Å². The summed E-state index contributed by atoms with van der Waals surface area (Å²) in [5.41, 5.74) is 11.6. The topological polar surface area (TPSA) is 98.0 Å². The zero-order valence-electron chi connectivity index (χ0n) is 8.65. The zero-order chi connectivity index (χ0) is 10.7. The second-order valence-electron chi connectivity index (χ2n) is 4.06. The van der Waals surface area contributed by atoms with E-state index in [4.69, 9.17) is 16.2 Å². The van der Waals surface area contributed by atoms with E-state index >= 15 is 0 Å². The maximum absolute atomic E-state index is 6.07. The van der Waals surface area contributed by atoms with Crippen LogP contribution in [0.5, 0.6) is 0 Å². The molecule has 0 amide bonds. The fourth-order valence-corrected chi connectivity index (χ4v) is 1.97. The highest BCUT2D eigenvalue weighted by atomic mass is 16.5. The molecule has 15 heavy (non-hydrogen) atoms. The van der Waals surface area contributed by atoms with Gasteiger partial charge in [0, 0.05) is 19.6 Å². The van der Waals surface area contributed by atoms with Crippen LogP contribution in [-0.4, -0.2) is 31.3 Å². The summed E-state index contributed by atoms with van der Waals surface area (Å²) in [6, 6.07) is 0. The van der Waals surface area contributed by atoms with Gasteiger partial charge in [0.05, 0.1) is 6.34 Å². The summed E-state index contributed by atoms with van der Waals surface area (Å²) in [7, 11) is 0. The summed E-state index contributed by atoms with van der Waals surface area (Å²) in [6.07, 6.45) is 4.35. The smallest absolute Gasteiger partial charge is 0.220 e. The first-order valence-corrected chi connectivity index (χ1v) is 5.20. The first kappa shape index (κ1) is 10.4. The largest absolute Gasteiger partial charge is 0.381 e. The van der Waals surface area contributed by atoms with Crippen molar-refractivity contribution < 1.29 is 4.74 Å². The van der Waals surface area contributed by atoms with Crippen LogP contribution in [0.3, 0.4) is 0 Å². The minimum atomic E-state index is -0.784. The molecule has 0 aromatic carbocycles. The highest BCUT2D eigenvalue weighted by Crippen LogP contribution is 2.24. The van der Waals surface area contributed by atoms with Crippen molar-refractivity contribution in [3.63, 3.8) is 0 Å². The van der Waals surface area contributed by atoms with E-state index in [1.54, 1.807) is 0 Å². The van der Waals surface area contributed by atoms with Crippen LogP contribution in [0.2, 0.25) is 0 Å². The molecule has 0 aromatic rings. The van der Waals surface area contributed by atoms with Gasteiger partial charge in [0.25, 0.3) is 0 Å². The normalized spacial score (nSPS) is 32.2. The van der Waals surface area contributed by atoms with Crippen LogP contribution in [0, 0.1) is 5.92 Å². The summed E-state index contributed by atoms with van der Waals surface area (Å²) >= 11 is 0. The van der Waals surface area contributed by atoms with E-state index in [0.717, 1.165) is 32.5 Å². The summed E-state index contributed by atoms with van der Waals surface area (Å²) in [5, 5.41) is 2.95. The molecule has 84 valence electrons. The van der Waals surface area contributed by atoms with Crippen molar-refractivity contribution in [1.82, 2.24) is 5.32 Å². The Morgan fingerprint density at radius 1 is 1.53 bits per heavy atom. The van der Waals surface area contributed by atoms with E-state index in [2.05, 4.69) is 15.3 Å². The van der Waals surface area contributed by atoms with E-state index in [9.17, 15) is 0 Å². The van der Waals surface area contributed by atoms with Crippen LogP contribution in [0.15, 0.2) is 9.98 Å². The molecule has 1 saturated heterocycles. The van der Waals surface area contributed by atoms with Crippen LogP contribution in [0.4, 0.5) is 0 Å². The molecule has 1 atom stereocenters. The predicted molar refractivity (Wildman–Crippen MR) is 58.3 cm³/mol. The number of nitrogens with two attached hydrogens (primary N) is 2. The highest BCUT2D eigenvalue weighted by molar-refractivity contribution is 5.88. The van der Waals surface area contributed by atoms with Gasteiger partial charge in [-0.3, -0.25) is 5.73 Å². The maximum Gasteiger partial charge on any atom is 0.220 e. The van der Waals surface area contributed by atoms with Crippen molar-refractivity contribution in [2.45, 2.75) is 25.0 Å². The summed E-state index contributed by atoms with van der Waals surface area (Å²) < 4.78 is 5.29. The van der Waals surface area contributed by atoms with Gasteiger partial charge in [0.15, 0.2) is 5.79 Å². The highest BCUT2D eigenvalue weighted by Gasteiger charge is 2.30. The molecule has 0 radical (unpaired) electrons. The van der Waals surface area contributed by atoms with Gasteiger partial charge in [-0.2, -0.15) is 0 Å². The van der Waals surface area contributed by atoms with Gasteiger partial charge < -0.3 is 15.8 Å². The molecule has 6 nitrogen and oxygen atoms in total. The number of guanidine groups is 1. The lowest BCUT2D eigenvalue weighted by Gasteiger charge is -2.32. The van der Waals surface area contributed by atoms with Crippen molar-refractivity contribution >= 4 is 12.3 Å². The lowest BCUT2D eigenvalue weighted by atomic mass is 9.93. The second-order valence-corrected chi connectivity index (χ2v) is 4.06. The molecule has 2 aliphatic heterocycles. The van der Waals surface area contributed by atoms with Gasteiger partial charge in [0.1, 0.15) is 0 Å². The van der Waals surface area contributed by atoms with Crippen molar-refractivity contribution in [3.05, 3.63) is 0 Å². The molecule has 2 aliphatic rings. The van der Waals surface area contributed by atoms with E-state index < -0.39 is 5.79 Å². The van der Waals surface area contributed by atoms with Gasteiger partial charge in [-0.15, -0.1) is 0 Å². The third kappa shape index (κ3) is 2.66. The lowest BCUT2D eigenvalue weighted by Crippen LogP contribution is -2.55.